The first-order valence-corrected chi connectivity index (χ1v) is 5.85. The fourth-order valence-electron chi connectivity index (χ4n) is 1.48. The first-order valence-electron chi connectivity index (χ1n) is 5.05. The molecule has 1 aromatic carbocycles. The fraction of sp³-hybridized carbons (Fsp3) is 0.182. The largest absolute Gasteiger partial charge is 0.418 e. The van der Waals surface area contributed by atoms with Crippen molar-refractivity contribution in [3.05, 3.63) is 46.5 Å². The Balaban J connectivity index is 2.22. The molecule has 0 fully saturated rings. The molecule has 3 nitrogen and oxygen atoms in total. The van der Waals surface area contributed by atoms with E-state index < -0.39 is 11.7 Å². The number of imidazole rings is 1. The summed E-state index contributed by atoms with van der Waals surface area (Å²) in [6.07, 6.45) is -1.23. The first kappa shape index (κ1) is 12.9. The van der Waals surface area contributed by atoms with Crippen molar-refractivity contribution in [1.82, 2.24) is 9.97 Å². The number of alkyl halides is 3. The third-order valence-corrected chi connectivity index (χ3v) is 2.78. The lowest BCUT2D eigenvalue weighted by molar-refractivity contribution is -0.137. The van der Waals surface area contributed by atoms with Crippen molar-refractivity contribution in [1.29, 1.82) is 0 Å². The van der Waals surface area contributed by atoms with E-state index in [1.807, 2.05) is 0 Å². The van der Waals surface area contributed by atoms with E-state index >= 15 is 0 Å². The number of hydrogen-bond acceptors (Lipinski definition) is 2. The molecule has 2 rings (SSSR count). The molecule has 0 spiro atoms. The van der Waals surface area contributed by atoms with Gasteiger partial charge in [-0.05, 0) is 18.2 Å². The molecule has 0 unspecified atom stereocenters. The maximum absolute atomic E-state index is 12.8. The van der Waals surface area contributed by atoms with Gasteiger partial charge in [-0.15, -0.1) is 0 Å². The number of rotatable bonds is 3. The van der Waals surface area contributed by atoms with Crippen LogP contribution >= 0.6 is 15.9 Å². The number of aromatic nitrogens is 2. The van der Waals surface area contributed by atoms with E-state index in [0.29, 0.717) is 10.3 Å². The third-order valence-electron chi connectivity index (χ3n) is 2.29. The maximum atomic E-state index is 12.8. The molecule has 96 valence electrons. The van der Waals surface area contributed by atoms with Gasteiger partial charge in [0.05, 0.1) is 12.1 Å². The van der Waals surface area contributed by atoms with Crippen LogP contribution in [0.4, 0.5) is 18.9 Å². The second kappa shape index (κ2) is 5.01. The van der Waals surface area contributed by atoms with E-state index in [9.17, 15) is 13.2 Å². The van der Waals surface area contributed by atoms with Gasteiger partial charge in [-0.1, -0.05) is 15.9 Å². The number of hydrogen-bond donors (Lipinski definition) is 2. The molecule has 0 aliphatic heterocycles. The molecule has 0 radical (unpaired) electrons. The summed E-state index contributed by atoms with van der Waals surface area (Å²) in [4.78, 5) is 6.74. The fourth-order valence-corrected chi connectivity index (χ4v) is 1.84. The van der Waals surface area contributed by atoms with Gasteiger partial charge in [-0.3, -0.25) is 0 Å². The van der Waals surface area contributed by atoms with Crippen LogP contribution in [0, 0.1) is 0 Å². The molecule has 0 saturated carbocycles. The van der Waals surface area contributed by atoms with E-state index in [1.54, 1.807) is 18.5 Å². The standard InChI is InChI=1S/C11H9BrF3N3/c12-7-1-2-9(8(5-7)11(13,14)15)18-6-10-16-3-4-17-10/h1-5,18H,6H2,(H,16,17). The normalized spacial score (nSPS) is 11.6. The minimum Gasteiger partial charge on any atom is -0.377 e. The molecule has 0 aliphatic rings. The molecule has 0 atom stereocenters. The molecule has 0 bridgehead atoms. The van der Waals surface area contributed by atoms with E-state index in [1.165, 1.54) is 6.07 Å². The highest BCUT2D eigenvalue weighted by molar-refractivity contribution is 9.10. The third kappa shape index (κ3) is 3.04. The van der Waals surface area contributed by atoms with Gasteiger partial charge < -0.3 is 10.3 Å². The van der Waals surface area contributed by atoms with Gasteiger partial charge in [0.1, 0.15) is 5.82 Å². The number of benzene rings is 1. The van der Waals surface area contributed by atoms with Crippen molar-refractivity contribution in [2.45, 2.75) is 12.7 Å². The van der Waals surface area contributed by atoms with Gasteiger partial charge in [-0.25, -0.2) is 4.98 Å². The Morgan fingerprint density at radius 2 is 2.11 bits per heavy atom. The Morgan fingerprint density at radius 1 is 1.33 bits per heavy atom. The summed E-state index contributed by atoms with van der Waals surface area (Å²) in [5.74, 6) is 0.575. The van der Waals surface area contributed by atoms with Crippen molar-refractivity contribution in [2.75, 3.05) is 5.32 Å². The Hall–Kier alpha value is -1.50. The Bertz CT molecular complexity index is 523. The highest BCUT2D eigenvalue weighted by atomic mass is 79.9. The highest BCUT2D eigenvalue weighted by Gasteiger charge is 2.33. The quantitative estimate of drug-likeness (QED) is 0.903. The summed E-state index contributed by atoms with van der Waals surface area (Å²) in [6.45, 7) is 0.206. The van der Waals surface area contributed by atoms with Gasteiger partial charge in [-0.2, -0.15) is 13.2 Å². The lowest BCUT2D eigenvalue weighted by Crippen LogP contribution is -2.11. The molecule has 1 aromatic heterocycles. The molecule has 18 heavy (non-hydrogen) atoms. The van der Waals surface area contributed by atoms with Crippen molar-refractivity contribution < 1.29 is 13.2 Å². The van der Waals surface area contributed by atoms with Crippen LogP contribution in [0.5, 0.6) is 0 Å². The molecule has 0 aliphatic carbocycles. The number of halogens is 4. The maximum Gasteiger partial charge on any atom is 0.418 e. The summed E-state index contributed by atoms with van der Waals surface area (Å²) in [5.41, 5.74) is -0.675. The van der Waals surface area contributed by atoms with Crippen LogP contribution in [0.25, 0.3) is 0 Å². The Morgan fingerprint density at radius 3 is 2.72 bits per heavy atom. The zero-order valence-corrected chi connectivity index (χ0v) is 10.6. The van der Waals surface area contributed by atoms with Crippen molar-refractivity contribution in [3.63, 3.8) is 0 Å². The topological polar surface area (TPSA) is 40.7 Å². The zero-order chi connectivity index (χ0) is 13.2. The van der Waals surface area contributed by atoms with E-state index in [2.05, 4.69) is 31.2 Å². The predicted molar refractivity (Wildman–Crippen MR) is 65.1 cm³/mol. The van der Waals surface area contributed by atoms with Crippen molar-refractivity contribution in [3.8, 4) is 0 Å². The molecule has 0 amide bonds. The van der Waals surface area contributed by atoms with Crippen molar-refractivity contribution in [2.24, 2.45) is 0 Å². The van der Waals surface area contributed by atoms with Gasteiger partial charge in [0.15, 0.2) is 0 Å². The number of H-pyrrole nitrogens is 1. The summed E-state index contributed by atoms with van der Waals surface area (Å²) in [6, 6.07) is 3.99. The smallest absolute Gasteiger partial charge is 0.377 e. The van der Waals surface area contributed by atoms with E-state index in [0.717, 1.165) is 6.07 Å². The first-order chi connectivity index (χ1) is 8.47. The van der Waals surface area contributed by atoms with Gasteiger partial charge in [0.2, 0.25) is 0 Å². The summed E-state index contributed by atoms with van der Waals surface area (Å²) < 4.78 is 38.8. The lowest BCUT2D eigenvalue weighted by atomic mass is 10.1. The zero-order valence-electron chi connectivity index (χ0n) is 9.05. The Kier molecular flexibility index (Phi) is 3.60. The molecular formula is C11H9BrF3N3. The molecule has 2 N–H and O–H groups in total. The number of anilines is 1. The second-order valence-corrected chi connectivity index (χ2v) is 4.49. The minimum absolute atomic E-state index is 0.0297. The predicted octanol–water partition coefficient (Wildman–Crippen LogP) is 3.80. The van der Waals surface area contributed by atoms with Crippen molar-refractivity contribution >= 4 is 21.6 Å². The molecule has 0 saturated heterocycles. The molecule has 7 heteroatoms. The van der Waals surface area contributed by atoms with E-state index in [-0.39, 0.29) is 12.2 Å². The van der Waals surface area contributed by atoms with E-state index in [4.69, 9.17) is 0 Å². The summed E-state index contributed by atoms with van der Waals surface area (Å²) in [5, 5.41) is 2.71. The average Bonchev–Trinajstić information content (AvgIpc) is 2.79. The van der Waals surface area contributed by atoms with Crippen LogP contribution in [0.1, 0.15) is 11.4 Å². The average molecular weight is 320 g/mol. The SMILES string of the molecule is FC(F)(F)c1cc(Br)ccc1NCc1ncc[nH]1. The van der Waals surface area contributed by atoms with Gasteiger partial charge in [0, 0.05) is 22.6 Å². The minimum atomic E-state index is -4.39. The lowest BCUT2D eigenvalue weighted by Gasteiger charge is -2.14. The van der Waals surface area contributed by atoms with Gasteiger partial charge >= 0.3 is 6.18 Å². The second-order valence-electron chi connectivity index (χ2n) is 3.58. The van der Waals surface area contributed by atoms with Crippen LogP contribution in [0.2, 0.25) is 0 Å². The van der Waals surface area contributed by atoms with Crippen LogP contribution in [0.15, 0.2) is 35.1 Å². The van der Waals surface area contributed by atoms with Crippen LogP contribution in [-0.4, -0.2) is 9.97 Å². The highest BCUT2D eigenvalue weighted by Crippen LogP contribution is 2.36. The summed E-state index contributed by atoms with van der Waals surface area (Å²) in [7, 11) is 0. The molecule has 2 aromatic rings. The van der Waals surface area contributed by atoms with Crippen LogP contribution in [0.3, 0.4) is 0 Å². The van der Waals surface area contributed by atoms with Crippen LogP contribution < -0.4 is 5.32 Å². The number of nitrogens with zero attached hydrogens (tertiary/aromatic N) is 1. The molecular weight excluding hydrogens is 311 g/mol. The van der Waals surface area contributed by atoms with Crippen LogP contribution in [-0.2, 0) is 12.7 Å². The monoisotopic (exact) mass is 319 g/mol. The number of nitrogens with one attached hydrogen (secondary N) is 2. The molecule has 1 heterocycles. The Labute approximate surface area is 110 Å². The summed E-state index contributed by atoms with van der Waals surface area (Å²) >= 11 is 3.03. The number of aromatic amines is 1. The van der Waals surface area contributed by atoms with Gasteiger partial charge in [0.25, 0.3) is 0 Å².